The number of hydrogen-bond donors (Lipinski definition) is 1. The van der Waals surface area contributed by atoms with E-state index in [1.807, 2.05) is 0 Å². The fourth-order valence-electron chi connectivity index (χ4n) is 2.81. The first kappa shape index (κ1) is 11.5. The minimum atomic E-state index is 0.677. The van der Waals surface area contributed by atoms with Gasteiger partial charge < -0.3 is 0 Å². The zero-order chi connectivity index (χ0) is 10.8. The lowest BCUT2D eigenvalue weighted by Crippen LogP contribution is -2.55. The maximum Gasteiger partial charge on any atom is 0.0224 e. The van der Waals surface area contributed by atoms with Crippen molar-refractivity contribution in [2.75, 3.05) is 31.9 Å². The second kappa shape index (κ2) is 4.89. The maximum atomic E-state index is 4.28. The normalized spacial score (nSPS) is 32.9. The molecule has 15 heavy (non-hydrogen) atoms. The van der Waals surface area contributed by atoms with Crippen molar-refractivity contribution >= 4 is 12.6 Å². The van der Waals surface area contributed by atoms with Crippen molar-refractivity contribution in [3.63, 3.8) is 0 Å². The lowest BCUT2D eigenvalue weighted by Gasteiger charge is -2.42. The molecule has 2 rings (SSSR count). The molecule has 0 radical (unpaired) electrons. The van der Waals surface area contributed by atoms with Gasteiger partial charge in [0.2, 0.25) is 0 Å². The van der Waals surface area contributed by atoms with Crippen LogP contribution in [0.5, 0.6) is 0 Å². The molecule has 0 N–H and O–H groups in total. The van der Waals surface area contributed by atoms with Crippen LogP contribution in [0.3, 0.4) is 0 Å². The molecule has 2 aliphatic heterocycles. The zero-order valence-corrected chi connectivity index (χ0v) is 10.5. The van der Waals surface area contributed by atoms with Crippen LogP contribution in [0.15, 0.2) is 12.2 Å². The van der Waals surface area contributed by atoms with Gasteiger partial charge in [-0.2, -0.15) is 12.6 Å². The van der Waals surface area contributed by atoms with Gasteiger partial charge in [-0.3, -0.25) is 9.80 Å². The summed E-state index contributed by atoms with van der Waals surface area (Å²) in [7, 11) is 0. The molecule has 0 saturated carbocycles. The van der Waals surface area contributed by atoms with E-state index >= 15 is 0 Å². The molecule has 2 fully saturated rings. The van der Waals surface area contributed by atoms with Crippen LogP contribution in [0.1, 0.15) is 19.8 Å². The van der Waals surface area contributed by atoms with Gasteiger partial charge in [0.15, 0.2) is 0 Å². The summed E-state index contributed by atoms with van der Waals surface area (Å²) in [6, 6.07) is 1.49. The number of fused-ring (bicyclic) bond motifs is 1. The van der Waals surface area contributed by atoms with Gasteiger partial charge in [-0.1, -0.05) is 12.2 Å². The molecule has 0 spiro atoms. The molecule has 2 atom stereocenters. The number of piperazine rings is 1. The Labute approximate surface area is 98.7 Å². The van der Waals surface area contributed by atoms with E-state index in [1.165, 1.54) is 38.0 Å². The van der Waals surface area contributed by atoms with Crippen LogP contribution in [-0.2, 0) is 0 Å². The van der Waals surface area contributed by atoms with Crippen molar-refractivity contribution in [1.29, 1.82) is 0 Å². The van der Waals surface area contributed by atoms with Crippen molar-refractivity contribution in [1.82, 2.24) is 9.80 Å². The highest BCUT2D eigenvalue weighted by molar-refractivity contribution is 7.80. The molecule has 2 aliphatic rings. The first-order chi connectivity index (χ1) is 7.20. The van der Waals surface area contributed by atoms with Gasteiger partial charge in [-0.05, 0) is 26.3 Å². The minimum absolute atomic E-state index is 0.677. The molecule has 2 heterocycles. The molecular weight excluding hydrogens is 204 g/mol. The molecule has 0 aromatic heterocycles. The molecule has 2 saturated heterocycles. The van der Waals surface area contributed by atoms with Crippen molar-refractivity contribution in [3.05, 3.63) is 12.2 Å². The Balaban J connectivity index is 1.92. The molecule has 0 aromatic carbocycles. The Bertz CT molecular complexity index is 242. The summed E-state index contributed by atoms with van der Waals surface area (Å²) in [6.45, 7) is 11.2. The average molecular weight is 226 g/mol. The highest BCUT2D eigenvalue weighted by atomic mass is 32.1. The summed E-state index contributed by atoms with van der Waals surface area (Å²) < 4.78 is 0. The third-order valence-electron chi connectivity index (χ3n) is 3.72. The van der Waals surface area contributed by atoms with E-state index in [-0.39, 0.29) is 0 Å². The minimum Gasteiger partial charge on any atom is -0.298 e. The van der Waals surface area contributed by atoms with Crippen molar-refractivity contribution in [2.24, 2.45) is 0 Å². The molecule has 0 aromatic rings. The van der Waals surface area contributed by atoms with Gasteiger partial charge >= 0.3 is 0 Å². The molecule has 0 amide bonds. The molecule has 3 heteroatoms. The maximum absolute atomic E-state index is 4.28. The highest BCUT2D eigenvalue weighted by Crippen LogP contribution is 2.24. The van der Waals surface area contributed by atoms with E-state index in [0.29, 0.717) is 6.04 Å². The van der Waals surface area contributed by atoms with Crippen LogP contribution in [0, 0.1) is 0 Å². The van der Waals surface area contributed by atoms with Crippen LogP contribution in [0.25, 0.3) is 0 Å². The van der Waals surface area contributed by atoms with Gasteiger partial charge in [0.25, 0.3) is 0 Å². The third kappa shape index (κ3) is 2.58. The monoisotopic (exact) mass is 226 g/mol. The summed E-state index contributed by atoms with van der Waals surface area (Å²) >= 11 is 4.28. The van der Waals surface area contributed by atoms with Crippen LogP contribution in [0.2, 0.25) is 0 Å². The van der Waals surface area contributed by atoms with Crippen molar-refractivity contribution in [3.8, 4) is 0 Å². The van der Waals surface area contributed by atoms with Gasteiger partial charge in [-0.15, -0.1) is 0 Å². The van der Waals surface area contributed by atoms with Crippen molar-refractivity contribution in [2.45, 2.75) is 31.8 Å². The van der Waals surface area contributed by atoms with Crippen LogP contribution in [0.4, 0.5) is 0 Å². The van der Waals surface area contributed by atoms with E-state index in [9.17, 15) is 0 Å². The van der Waals surface area contributed by atoms with Crippen LogP contribution >= 0.6 is 12.6 Å². The number of nitrogens with zero attached hydrogens (tertiary/aromatic N) is 2. The SMILES string of the molecule is C=C(CS)CN1CC2CCCN2CC1C. The molecular formula is C12H22N2S. The average Bonchev–Trinajstić information content (AvgIpc) is 2.65. The Kier molecular flexibility index (Phi) is 3.75. The standard InChI is InChI=1S/C12H22N2S/c1-10(9-15)6-14-8-12-4-3-5-13(12)7-11(14)2/h11-12,15H,1,3-9H2,2H3. The van der Waals surface area contributed by atoms with E-state index < -0.39 is 0 Å². The topological polar surface area (TPSA) is 6.48 Å². The Morgan fingerprint density at radius 3 is 3.00 bits per heavy atom. The summed E-state index contributed by atoms with van der Waals surface area (Å²) in [4.78, 5) is 5.23. The van der Waals surface area contributed by atoms with E-state index in [4.69, 9.17) is 0 Å². The first-order valence-corrected chi connectivity index (χ1v) is 6.59. The van der Waals surface area contributed by atoms with Crippen LogP contribution < -0.4 is 0 Å². The van der Waals surface area contributed by atoms with Crippen molar-refractivity contribution < 1.29 is 0 Å². The Hall–Kier alpha value is 0.01000. The smallest absolute Gasteiger partial charge is 0.0224 e. The molecule has 0 aliphatic carbocycles. The number of thiol groups is 1. The Morgan fingerprint density at radius 1 is 1.47 bits per heavy atom. The van der Waals surface area contributed by atoms with Gasteiger partial charge in [-0.25, -0.2) is 0 Å². The van der Waals surface area contributed by atoms with Gasteiger partial charge in [0, 0.05) is 37.5 Å². The molecule has 2 nitrogen and oxygen atoms in total. The highest BCUT2D eigenvalue weighted by Gasteiger charge is 2.33. The van der Waals surface area contributed by atoms with E-state index in [1.54, 1.807) is 0 Å². The number of hydrogen-bond acceptors (Lipinski definition) is 3. The predicted molar refractivity (Wildman–Crippen MR) is 68.6 cm³/mol. The molecule has 86 valence electrons. The fourth-order valence-corrected chi connectivity index (χ4v) is 2.91. The lowest BCUT2D eigenvalue weighted by atomic mass is 10.1. The summed E-state index contributed by atoms with van der Waals surface area (Å²) in [5, 5.41) is 0. The third-order valence-corrected chi connectivity index (χ3v) is 4.16. The largest absolute Gasteiger partial charge is 0.298 e. The second-order valence-electron chi connectivity index (χ2n) is 4.98. The first-order valence-electron chi connectivity index (χ1n) is 5.96. The molecule has 0 bridgehead atoms. The number of rotatable bonds is 3. The van der Waals surface area contributed by atoms with E-state index in [2.05, 4.69) is 35.9 Å². The Morgan fingerprint density at radius 2 is 2.27 bits per heavy atom. The van der Waals surface area contributed by atoms with E-state index in [0.717, 1.165) is 18.3 Å². The predicted octanol–water partition coefficient (Wildman–Crippen LogP) is 1.64. The fraction of sp³-hybridized carbons (Fsp3) is 0.833. The molecule has 2 unspecified atom stereocenters. The summed E-state index contributed by atoms with van der Waals surface area (Å²) in [5.41, 5.74) is 1.25. The summed E-state index contributed by atoms with van der Waals surface area (Å²) in [6.07, 6.45) is 2.77. The lowest BCUT2D eigenvalue weighted by molar-refractivity contribution is 0.0668. The second-order valence-corrected chi connectivity index (χ2v) is 5.29. The zero-order valence-electron chi connectivity index (χ0n) is 9.65. The van der Waals surface area contributed by atoms with Crippen LogP contribution in [-0.4, -0.2) is 53.8 Å². The quantitative estimate of drug-likeness (QED) is 0.577. The van der Waals surface area contributed by atoms with Gasteiger partial charge in [0.05, 0.1) is 0 Å². The van der Waals surface area contributed by atoms with Gasteiger partial charge in [0.1, 0.15) is 0 Å². The summed E-state index contributed by atoms with van der Waals surface area (Å²) in [5.74, 6) is 0.817.